The lowest BCUT2D eigenvalue weighted by molar-refractivity contribution is -0.189. The molecule has 0 spiro atoms. The highest BCUT2D eigenvalue weighted by molar-refractivity contribution is 6.07. The van der Waals surface area contributed by atoms with E-state index >= 15 is 0 Å². The van der Waals surface area contributed by atoms with Gasteiger partial charge in [-0.1, -0.05) is 66.7 Å². The Kier molecular flexibility index (Phi) is 8.58. The Morgan fingerprint density at radius 3 is 2.50 bits per heavy atom. The van der Waals surface area contributed by atoms with Gasteiger partial charge in [0, 0.05) is 43.2 Å². The summed E-state index contributed by atoms with van der Waals surface area (Å²) in [4.78, 5) is 60.7. The maximum atomic E-state index is 14.3. The second-order valence-corrected chi connectivity index (χ2v) is 11.6. The lowest BCUT2D eigenvalue weighted by Gasteiger charge is -2.55. The Bertz CT molecular complexity index is 1790. The molecule has 4 aromatic rings. The molecule has 0 radical (unpaired) electrons. The van der Waals surface area contributed by atoms with Crippen molar-refractivity contribution in [2.24, 2.45) is 0 Å². The number of piperazine rings is 1. The number of phenols is 1. The van der Waals surface area contributed by atoms with Crippen LogP contribution in [0.3, 0.4) is 0 Å². The van der Waals surface area contributed by atoms with Crippen LogP contribution in [0.2, 0.25) is 0 Å². The van der Waals surface area contributed by atoms with Crippen molar-refractivity contribution in [3.05, 3.63) is 114 Å². The van der Waals surface area contributed by atoms with Crippen LogP contribution in [0.15, 0.2) is 91.6 Å². The number of amides is 4. The second-order valence-electron chi connectivity index (χ2n) is 11.6. The smallest absolute Gasteiger partial charge is 0.334 e. The zero-order valence-corrected chi connectivity index (χ0v) is 25.6. The molecule has 3 aromatic carbocycles. The van der Waals surface area contributed by atoms with Crippen LogP contribution < -0.4 is 5.32 Å². The third-order valence-electron chi connectivity index (χ3n) is 8.57. The molecule has 3 heterocycles. The van der Waals surface area contributed by atoms with Gasteiger partial charge in [-0.25, -0.2) is 14.8 Å². The number of nitrogens with one attached hydrogen (secondary N) is 2. The van der Waals surface area contributed by atoms with Gasteiger partial charge >= 0.3 is 6.03 Å². The molecule has 11 nitrogen and oxygen atoms in total. The first-order chi connectivity index (χ1) is 22.2. The van der Waals surface area contributed by atoms with E-state index in [0.29, 0.717) is 5.56 Å². The number of hydrogen-bond donors (Lipinski definition) is 3. The third-order valence-corrected chi connectivity index (χ3v) is 8.57. The molecule has 46 heavy (non-hydrogen) atoms. The number of ketones is 1. The Labute approximate surface area is 266 Å². The van der Waals surface area contributed by atoms with Crippen molar-refractivity contribution in [2.75, 3.05) is 19.6 Å². The number of para-hydroxylation sites is 1. The van der Waals surface area contributed by atoms with Gasteiger partial charge in [-0.2, -0.15) is 0 Å². The molecule has 0 saturated carbocycles. The molecule has 1 unspecified atom stereocenters. The number of hydrogen-bond acceptors (Lipinski definition) is 6. The highest BCUT2D eigenvalue weighted by Gasteiger charge is 2.51. The quantitative estimate of drug-likeness (QED) is 0.193. The predicted octanol–water partition coefficient (Wildman–Crippen LogP) is 3.81. The minimum absolute atomic E-state index is 0.0674. The summed E-state index contributed by atoms with van der Waals surface area (Å²) in [7, 11) is 0. The zero-order chi connectivity index (χ0) is 32.4. The van der Waals surface area contributed by atoms with E-state index in [9.17, 15) is 24.3 Å². The van der Waals surface area contributed by atoms with Gasteiger partial charge in [-0.15, -0.1) is 6.58 Å². The van der Waals surface area contributed by atoms with Crippen LogP contribution in [0.5, 0.6) is 5.75 Å². The molecule has 0 bridgehead atoms. The van der Waals surface area contributed by atoms with E-state index < -0.39 is 18.2 Å². The van der Waals surface area contributed by atoms with Crippen molar-refractivity contribution < 1.29 is 24.3 Å². The highest BCUT2D eigenvalue weighted by atomic mass is 16.3. The molecule has 6 rings (SSSR count). The number of hydrazine groups is 1. The van der Waals surface area contributed by atoms with Gasteiger partial charge in [0.25, 0.3) is 0 Å². The van der Waals surface area contributed by atoms with Crippen LogP contribution in [0.4, 0.5) is 4.79 Å². The molecular formula is C35H36N6O5. The van der Waals surface area contributed by atoms with E-state index in [1.165, 1.54) is 11.8 Å². The number of phenolic OH excluding ortho intramolecular Hbond substituents is 1. The maximum absolute atomic E-state index is 14.3. The summed E-state index contributed by atoms with van der Waals surface area (Å²) < 4.78 is 0. The van der Waals surface area contributed by atoms with E-state index in [1.54, 1.807) is 51.5 Å². The van der Waals surface area contributed by atoms with Crippen molar-refractivity contribution in [1.29, 1.82) is 0 Å². The lowest BCUT2D eigenvalue weighted by Crippen LogP contribution is -2.76. The maximum Gasteiger partial charge on any atom is 0.334 e. The number of benzene rings is 3. The first-order valence-electron chi connectivity index (χ1n) is 15.2. The highest BCUT2D eigenvalue weighted by Crippen LogP contribution is 2.31. The van der Waals surface area contributed by atoms with Crippen LogP contribution in [0.25, 0.3) is 10.9 Å². The number of urea groups is 1. The SMILES string of the molecule is C=CCN1CC(=O)N2C(Cc3ccc(O)cc3)C(=O)N(Cc3cccc4c(C(C)=O)c[nH]c34)C[C@@H]2N1C(=O)NCc1ccccc1. The minimum atomic E-state index is -0.901. The summed E-state index contributed by atoms with van der Waals surface area (Å²) in [6.07, 6.45) is 2.71. The zero-order valence-electron chi connectivity index (χ0n) is 25.6. The number of aromatic nitrogens is 1. The summed E-state index contributed by atoms with van der Waals surface area (Å²) in [5, 5.41) is 16.8. The third kappa shape index (κ3) is 5.96. The van der Waals surface area contributed by atoms with Crippen molar-refractivity contribution >= 4 is 34.5 Å². The Morgan fingerprint density at radius 2 is 1.78 bits per heavy atom. The van der Waals surface area contributed by atoms with E-state index in [1.807, 2.05) is 48.5 Å². The Hall–Kier alpha value is -5.42. The van der Waals surface area contributed by atoms with Crippen molar-refractivity contribution in [2.45, 2.75) is 38.6 Å². The van der Waals surface area contributed by atoms with Gasteiger partial charge < -0.3 is 25.2 Å². The van der Waals surface area contributed by atoms with Crippen LogP contribution in [0.1, 0.15) is 34.0 Å². The molecule has 3 N–H and O–H groups in total. The topological polar surface area (TPSA) is 129 Å². The summed E-state index contributed by atoms with van der Waals surface area (Å²) in [6, 6.07) is 20.4. The van der Waals surface area contributed by atoms with Gasteiger partial charge in [-0.3, -0.25) is 14.4 Å². The largest absolute Gasteiger partial charge is 0.508 e. The number of H-pyrrole nitrogens is 1. The number of carbonyl (C=O) groups is 4. The first-order valence-corrected chi connectivity index (χ1v) is 15.2. The average molecular weight is 621 g/mol. The fourth-order valence-corrected chi connectivity index (χ4v) is 6.40. The van der Waals surface area contributed by atoms with Crippen LogP contribution >= 0.6 is 0 Å². The fraction of sp³-hybridized carbons (Fsp3) is 0.257. The van der Waals surface area contributed by atoms with Gasteiger partial charge in [0.05, 0.1) is 18.6 Å². The molecule has 2 saturated heterocycles. The first kappa shape index (κ1) is 30.6. The number of carbonyl (C=O) groups excluding carboxylic acids is 4. The average Bonchev–Trinajstić information content (AvgIpc) is 3.49. The number of nitrogens with zero attached hydrogens (tertiary/aromatic N) is 4. The van der Waals surface area contributed by atoms with Gasteiger partial charge in [0.2, 0.25) is 11.8 Å². The molecule has 4 amide bonds. The summed E-state index contributed by atoms with van der Waals surface area (Å²) in [5.74, 6) is -0.497. The normalized spacial score (nSPS) is 18.5. The van der Waals surface area contributed by atoms with Crippen molar-refractivity contribution in [3.8, 4) is 5.75 Å². The van der Waals surface area contributed by atoms with E-state index in [4.69, 9.17) is 0 Å². The second kappa shape index (κ2) is 12.9. The number of rotatable bonds is 9. The molecule has 2 aliphatic heterocycles. The number of aromatic amines is 1. The van der Waals surface area contributed by atoms with Gasteiger partial charge in [0.1, 0.15) is 18.0 Å². The Morgan fingerprint density at radius 1 is 1.02 bits per heavy atom. The number of fused-ring (bicyclic) bond motifs is 2. The predicted molar refractivity (Wildman–Crippen MR) is 172 cm³/mol. The van der Waals surface area contributed by atoms with Gasteiger partial charge in [0.15, 0.2) is 5.78 Å². The Balaban J connectivity index is 1.37. The summed E-state index contributed by atoms with van der Waals surface area (Å²) >= 11 is 0. The van der Waals surface area contributed by atoms with E-state index in [0.717, 1.165) is 27.6 Å². The molecule has 236 valence electrons. The number of Topliss-reactive ketones (excluding diaryl/α,β-unsaturated/α-hetero) is 1. The molecule has 0 aliphatic carbocycles. The fourth-order valence-electron chi connectivity index (χ4n) is 6.40. The van der Waals surface area contributed by atoms with Crippen molar-refractivity contribution in [1.82, 2.24) is 30.1 Å². The molecule has 2 atom stereocenters. The molecule has 1 aromatic heterocycles. The van der Waals surface area contributed by atoms with Crippen LogP contribution in [-0.4, -0.2) is 85.4 Å². The van der Waals surface area contributed by atoms with Crippen molar-refractivity contribution in [3.63, 3.8) is 0 Å². The monoisotopic (exact) mass is 620 g/mol. The molecular weight excluding hydrogens is 584 g/mol. The minimum Gasteiger partial charge on any atom is -0.508 e. The summed E-state index contributed by atoms with van der Waals surface area (Å²) in [5.41, 5.74) is 3.81. The van der Waals surface area contributed by atoms with Crippen LogP contribution in [0, 0.1) is 0 Å². The van der Waals surface area contributed by atoms with E-state index in [2.05, 4.69) is 16.9 Å². The molecule has 2 aliphatic rings. The summed E-state index contributed by atoms with van der Waals surface area (Å²) in [6.45, 7) is 6.05. The lowest BCUT2D eigenvalue weighted by atomic mass is 9.98. The molecule has 2 fully saturated rings. The van der Waals surface area contributed by atoms with E-state index in [-0.39, 0.29) is 62.5 Å². The van der Waals surface area contributed by atoms with Crippen LogP contribution in [-0.2, 0) is 29.1 Å². The standard InChI is InChI=1S/C35H36N6O5/c1-3-16-39-22-32(44)40-30(17-24-12-14-27(43)15-13-24)34(45)38(20-26-10-7-11-28-29(23(2)42)19-36-33(26)28)21-31(40)41(39)35(46)37-18-25-8-5-4-6-9-25/h3-15,19,30-31,36,43H,1,16-18,20-22H2,2H3,(H,37,46)/t30?,31-/m0/s1. The van der Waals surface area contributed by atoms with Gasteiger partial charge in [-0.05, 0) is 35.7 Å². The number of aromatic hydroxyl groups is 1. The molecule has 11 heteroatoms.